The molecule has 0 bridgehead atoms. The monoisotopic (exact) mass is 431 g/mol. The minimum atomic E-state index is -0.423. The molecule has 1 aliphatic heterocycles. The average Bonchev–Trinajstić information content (AvgIpc) is 3.01. The highest BCUT2D eigenvalue weighted by molar-refractivity contribution is 6.14. The lowest BCUT2D eigenvalue weighted by atomic mass is 9.99. The molecule has 1 unspecified atom stereocenters. The third-order valence-corrected chi connectivity index (χ3v) is 6.14. The number of carbonyl (C=O) groups is 2. The van der Waals surface area contributed by atoms with Gasteiger partial charge in [0.15, 0.2) is 0 Å². The van der Waals surface area contributed by atoms with E-state index in [1.807, 2.05) is 24.6 Å². The number of rotatable bonds is 8. The van der Waals surface area contributed by atoms with Gasteiger partial charge in [0.2, 0.25) is 5.91 Å². The van der Waals surface area contributed by atoms with E-state index >= 15 is 0 Å². The summed E-state index contributed by atoms with van der Waals surface area (Å²) >= 11 is 0. The van der Waals surface area contributed by atoms with Crippen molar-refractivity contribution < 1.29 is 24.2 Å². The SMILES string of the molecule is CCOC(=O)c1c(C)n(C)c2ccc(OC)c(NC(=O)CN3CCCCC3CCO)c12. The van der Waals surface area contributed by atoms with E-state index in [1.54, 1.807) is 20.1 Å². The minimum Gasteiger partial charge on any atom is -0.495 e. The van der Waals surface area contributed by atoms with Crippen molar-refractivity contribution in [2.45, 2.75) is 45.6 Å². The molecule has 8 heteroatoms. The molecule has 1 fully saturated rings. The van der Waals surface area contributed by atoms with E-state index in [9.17, 15) is 14.7 Å². The van der Waals surface area contributed by atoms with Gasteiger partial charge in [-0.15, -0.1) is 0 Å². The molecule has 0 saturated carbocycles. The first-order valence-electron chi connectivity index (χ1n) is 10.9. The molecular weight excluding hydrogens is 398 g/mol. The highest BCUT2D eigenvalue weighted by Gasteiger charge is 2.27. The van der Waals surface area contributed by atoms with Gasteiger partial charge in [-0.1, -0.05) is 6.42 Å². The molecule has 3 rings (SSSR count). The molecule has 0 aliphatic carbocycles. The van der Waals surface area contributed by atoms with Crippen LogP contribution >= 0.6 is 0 Å². The standard InChI is InChI=1S/C23H33N3O5/c1-5-31-23(29)20-15(2)25(3)17-9-10-18(30-4)22(21(17)20)24-19(28)14-26-12-7-6-8-16(26)11-13-27/h9-10,16,27H,5-8,11-14H2,1-4H3,(H,24,28). The Morgan fingerprint density at radius 1 is 1.29 bits per heavy atom. The Hall–Kier alpha value is -2.58. The van der Waals surface area contributed by atoms with Crippen LogP contribution in [0.5, 0.6) is 5.75 Å². The van der Waals surface area contributed by atoms with E-state index in [1.165, 1.54) is 0 Å². The number of aliphatic hydroxyl groups excluding tert-OH is 1. The number of fused-ring (bicyclic) bond motifs is 1. The first-order chi connectivity index (χ1) is 14.9. The fourth-order valence-electron chi connectivity index (χ4n) is 4.49. The third kappa shape index (κ3) is 4.70. The summed E-state index contributed by atoms with van der Waals surface area (Å²) in [6, 6.07) is 3.87. The van der Waals surface area contributed by atoms with Gasteiger partial charge in [0.1, 0.15) is 5.75 Å². The number of ether oxygens (including phenoxy) is 2. The van der Waals surface area contributed by atoms with Crippen molar-refractivity contribution in [2.75, 3.05) is 38.7 Å². The number of likely N-dealkylation sites (tertiary alicyclic amines) is 1. The van der Waals surface area contributed by atoms with Crippen molar-refractivity contribution in [3.05, 3.63) is 23.4 Å². The summed E-state index contributed by atoms with van der Waals surface area (Å²) in [6.07, 6.45) is 3.80. The summed E-state index contributed by atoms with van der Waals surface area (Å²) in [7, 11) is 3.42. The second-order valence-electron chi connectivity index (χ2n) is 7.96. The summed E-state index contributed by atoms with van der Waals surface area (Å²) in [5.41, 5.74) is 2.49. The molecule has 2 aromatic rings. The summed E-state index contributed by atoms with van der Waals surface area (Å²) in [6.45, 7) is 5.06. The number of nitrogens with zero attached hydrogens (tertiary/aromatic N) is 2. The third-order valence-electron chi connectivity index (χ3n) is 6.14. The number of amides is 1. The number of aromatic nitrogens is 1. The van der Waals surface area contributed by atoms with Crippen molar-refractivity contribution in [2.24, 2.45) is 7.05 Å². The fraction of sp³-hybridized carbons (Fsp3) is 0.565. The Kier molecular flexibility index (Phi) is 7.56. The number of benzene rings is 1. The first kappa shape index (κ1) is 23.1. The number of carbonyl (C=O) groups excluding carboxylic acids is 2. The van der Waals surface area contributed by atoms with E-state index in [2.05, 4.69) is 10.2 Å². The molecule has 1 atom stereocenters. The van der Waals surface area contributed by atoms with Gasteiger partial charge >= 0.3 is 5.97 Å². The molecule has 31 heavy (non-hydrogen) atoms. The lowest BCUT2D eigenvalue weighted by Gasteiger charge is -2.34. The molecule has 0 radical (unpaired) electrons. The van der Waals surface area contributed by atoms with Crippen molar-refractivity contribution in [3.8, 4) is 5.75 Å². The van der Waals surface area contributed by atoms with E-state index in [0.717, 1.165) is 37.0 Å². The molecule has 1 aliphatic rings. The van der Waals surface area contributed by atoms with Gasteiger partial charge in [-0.3, -0.25) is 9.69 Å². The predicted octanol–water partition coefficient (Wildman–Crippen LogP) is 2.85. The first-order valence-corrected chi connectivity index (χ1v) is 10.9. The molecule has 0 spiro atoms. The summed E-state index contributed by atoms with van der Waals surface area (Å²) < 4.78 is 12.7. The van der Waals surface area contributed by atoms with Crippen LogP contribution in [0.3, 0.4) is 0 Å². The largest absolute Gasteiger partial charge is 0.495 e. The Labute approximate surface area is 183 Å². The lowest BCUT2D eigenvalue weighted by molar-refractivity contribution is -0.118. The lowest BCUT2D eigenvalue weighted by Crippen LogP contribution is -2.44. The zero-order valence-electron chi connectivity index (χ0n) is 18.9. The molecule has 1 aromatic heterocycles. The van der Waals surface area contributed by atoms with Crippen molar-refractivity contribution in [1.29, 1.82) is 0 Å². The fourth-order valence-corrected chi connectivity index (χ4v) is 4.49. The number of aliphatic hydroxyl groups is 1. The van der Waals surface area contributed by atoms with Gasteiger partial charge in [0.25, 0.3) is 0 Å². The molecule has 1 aromatic carbocycles. The second-order valence-corrected chi connectivity index (χ2v) is 7.96. The molecular formula is C23H33N3O5. The Morgan fingerprint density at radius 3 is 2.74 bits per heavy atom. The van der Waals surface area contributed by atoms with Crippen LogP contribution in [0.2, 0.25) is 0 Å². The number of nitrogens with one attached hydrogen (secondary N) is 1. The maximum absolute atomic E-state index is 13.0. The van der Waals surface area contributed by atoms with E-state index in [4.69, 9.17) is 9.47 Å². The van der Waals surface area contributed by atoms with Crippen molar-refractivity contribution in [3.63, 3.8) is 0 Å². The van der Waals surface area contributed by atoms with Crippen LogP contribution in [0.15, 0.2) is 12.1 Å². The van der Waals surface area contributed by atoms with Crippen molar-refractivity contribution in [1.82, 2.24) is 9.47 Å². The zero-order valence-corrected chi connectivity index (χ0v) is 18.9. The number of esters is 1. The summed E-state index contributed by atoms with van der Waals surface area (Å²) in [5, 5.41) is 13.0. The highest BCUT2D eigenvalue weighted by atomic mass is 16.5. The number of hydrogen-bond acceptors (Lipinski definition) is 6. The van der Waals surface area contributed by atoms with Gasteiger partial charge < -0.3 is 24.5 Å². The highest BCUT2D eigenvalue weighted by Crippen LogP contribution is 2.38. The number of methoxy groups -OCH3 is 1. The molecule has 2 N–H and O–H groups in total. The van der Waals surface area contributed by atoms with Crippen LogP contribution < -0.4 is 10.1 Å². The van der Waals surface area contributed by atoms with E-state index in [-0.39, 0.29) is 31.7 Å². The Morgan fingerprint density at radius 2 is 2.06 bits per heavy atom. The molecule has 170 valence electrons. The molecule has 2 heterocycles. The van der Waals surface area contributed by atoms with Gasteiger partial charge in [0, 0.05) is 30.8 Å². The maximum atomic E-state index is 13.0. The van der Waals surface area contributed by atoms with Crippen LogP contribution in [0.25, 0.3) is 10.9 Å². The smallest absolute Gasteiger partial charge is 0.340 e. The summed E-state index contributed by atoms with van der Waals surface area (Å²) in [5.74, 6) is -0.108. The van der Waals surface area contributed by atoms with Crippen molar-refractivity contribution >= 4 is 28.5 Å². The second kappa shape index (κ2) is 10.2. The number of piperidine rings is 1. The zero-order chi connectivity index (χ0) is 22.5. The van der Waals surface area contributed by atoms with Crippen LogP contribution in [0, 0.1) is 6.92 Å². The van der Waals surface area contributed by atoms with Crippen LogP contribution in [-0.2, 0) is 16.6 Å². The quantitative estimate of drug-likeness (QED) is 0.625. The minimum absolute atomic E-state index is 0.113. The number of anilines is 1. The van der Waals surface area contributed by atoms with Gasteiger partial charge in [-0.2, -0.15) is 0 Å². The number of hydrogen-bond donors (Lipinski definition) is 2. The average molecular weight is 432 g/mol. The molecule has 1 saturated heterocycles. The predicted molar refractivity (Wildman–Crippen MR) is 120 cm³/mol. The van der Waals surface area contributed by atoms with E-state index in [0.29, 0.717) is 28.8 Å². The van der Waals surface area contributed by atoms with E-state index < -0.39 is 5.97 Å². The summed E-state index contributed by atoms with van der Waals surface area (Å²) in [4.78, 5) is 27.9. The van der Waals surface area contributed by atoms with Crippen LogP contribution in [0.1, 0.15) is 48.7 Å². The number of aryl methyl sites for hydroxylation is 1. The topological polar surface area (TPSA) is 93.0 Å². The van der Waals surface area contributed by atoms with Gasteiger partial charge in [-0.25, -0.2) is 4.79 Å². The van der Waals surface area contributed by atoms with Gasteiger partial charge in [-0.05, 0) is 51.8 Å². The maximum Gasteiger partial charge on any atom is 0.340 e. The molecule has 1 amide bonds. The van der Waals surface area contributed by atoms with Crippen LogP contribution in [0.4, 0.5) is 5.69 Å². The molecule has 8 nitrogen and oxygen atoms in total. The Balaban J connectivity index is 1.97. The van der Waals surface area contributed by atoms with Gasteiger partial charge in [0.05, 0.1) is 37.0 Å². The normalized spacial score (nSPS) is 17.0. The Bertz CT molecular complexity index is 951. The van der Waals surface area contributed by atoms with Crippen LogP contribution in [-0.4, -0.2) is 65.9 Å².